The van der Waals surface area contributed by atoms with Gasteiger partial charge in [0.25, 0.3) is 0 Å². The smallest absolute Gasteiger partial charge is 0.161 e. The lowest BCUT2D eigenvalue weighted by Crippen LogP contribution is -2.36. The van der Waals surface area contributed by atoms with Crippen LogP contribution in [0.25, 0.3) is 0 Å². The molecule has 0 unspecified atom stereocenters. The van der Waals surface area contributed by atoms with Crippen molar-refractivity contribution in [2.45, 2.75) is 0 Å². The molecule has 102 valence electrons. The van der Waals surface area contributed by atoms with E-state index < -0.39 is 0 Å². The van der Waals surface area contributed by atoms with Gasteiger partial charge in [-0.2, -0.15) is 0 Å². The van der Waals surface area contributed by atoms with Crippen molar-refractivity contribution in [2.75, 3.05) is 47.1 Å². The Balaban J connectivity index is 1.98. The zero-order valence-corrected chi connectivity index (χ0v) is 11.4. The molecule has 0 amide bonds. The molecular formula is C15H19NO3. The van der Waals surface area contributed by atoms with Gasteiger partial charge in [0.1, 0.15) is 0 Å². The summed E-state index contributed by atoms with van der Waals surface area (Å²) in [5.74, 6) is 7.77. The summed E-state index contributed by atoms with van der Waals surface area (Å²) >= 11 is 0. The van der Waals surface area contributed by atoms with Crippen molar-refractivity contribution in [2.24, 2.45) is 0 Å². The van der Waals surface area contributed by atoms with Crippen LogP contribution in [0.1, 0.15) is 5.56 Å². The van der Waals surface area contributed by atoms with Gasteiger partial charge < -0.3 is 14.2 Å². The van der Waals surface area contributed by atoms with Gasteiger partial charge in [-0.1, -0.05) is 11.8 Å². The van der Waals surface area contributed by atoms with Crippen molar-refractivity contribution in [1.82, 2.24) is 4.90 Å². The van der Waals surface area contributed by atoms with Crippen molar-refractivity contribution in [3.05, 3.63) is 23.8 Å². The Morgan fingerprint density at radius 1 is 1.16 bits per heavy atom. The number of hydrogen-bond donors (Lipinski definition) is 0. The third-order valence-electron chi connectivity index (χ3n) is 3.02. The molecule has 0 bridgehead atoms. The van der Waals surface area contributed by atoms with Gasteiger partial charge in [0, 0.05) is 18.7 Å². The Labute approximate surface area is 114 Å². The number of benzene rings is 1. The molecule has 19 heavy (non-hydrogen) atoms. The van der Waals surface area contributed by atoms with Gasteiger partial charge in [-0.05, 0) is 18.2 Å². The van der Waals surface area contributed by atoms with E-state index in [0.717, 1.165) is 44.2 Å². The number of ether oxygens (including phenoxy) is 3. The molecule has 2 rings (SSSR count). The van der Waals surface area contributed by atoms with Crippen molar-refractivity contribution in [1.29, 1.82) is 0 Å². The highest BCUT2D eigenvalue weighted by Gasteiger charge is 2.07. The molecule has 0 N–H and O–H groups in total. The molecule has 1 fully saturated rings. The average molecular weight is 261 g/mol. The minimum absolute atomic E-state index is 0.709. The van der Waals surface area contributed by atoms with E-state index in [1.165, 1.54) is 0 Å². The predicted molar refractivity (Wildman–Crippen MR) is 73.7 cm³/mol. The molecule has 0 radical (unpaired) electrons. The van der Waals surface area contributed by atoms with Crippen molar-refractivity contribution >= 4 is 0 Å². The number of nitrogens with zero attached hydrogens (tertiary/aromatic N) is 1. The SMILES string of the molecule is COc1ccc(C#CCN2CCOCC2)cc1OC. The van der Waals surface area contributed by atoms with E-state index in [-0.39, 0.29) is 0 Å². The monoisotopic (exact) mass is 261 g/mol. The molecule has 1 aliphatic heterocycles. The first kappa shape index (κ1) is 13.7. The average Bonchev–Trinajstić information content (AvgIpc) is 2.48. The number of hydrogen-bond acceptors (Lipinski definition) is 4. The van der Waals surface area contributed by atoms with E-state index in [2.05, 4.69) is 16.7 Å². The molecule has 4 heteroatoms. The van der Waals surface area contributed by atoms with Crippen LogP contribution < -0.4 is 9.47 Å². The van der Waals surface area contributed by atoms with E-state index in [4.69, 9.17) is 14.2 Å². The zero-order chi connectivity index (χ0) is 13.5. The molecule has 4 nitrogen and oxygen atoms in total. The summed E-state index contributed by atoms with van der Waals surface area (Å²) in [5.41, 5.74) is 0.936. The maximum Gasteiger partial charge on any atom is 0.161 e. The van der Waals surface area contributed by atoms with E-state index in [1.54, 1.807) is 14.2 Å². The molecule has 0 aromatic heterocycles. The van der Waals surface area contributed by atoms with E-state index in [9.17, 15) is 0 Å². The van der Waals surface area contributed by atoms with E-state index in [0.29, 0.717) is 5.75 Å². The lowest BCUT2D eigenvalue weighted by Gasteiger charge is -2.24. The number of rotatable bonds is 3. The molecule has 1 heterocycles. The first-order valence-corrected chi connectivity index (χ1v) is 6.34. The second kappa shape index (κ2) is 7.03. The van der Waals surface area contributed by atoms with E-state index >= 15 is 0 Å². The topological polar surface area (TPSA) is 30.9 Å². The fourth-order valence-corrected chi connectivity index (χ4v) is 1.93. The molecule has 0 aliphatic carbocycles. The highest BCUT2D eigenvalue weighted by atomic mass is 16.5. The van der Waals surface area contributed by atoms with Crippen LogP contribution in [0.5, 0.6) is 11.5 Å². The lowest BCUT2D eigenvalue weighted by molar-refractivity contribution is 0.0443. The van der Waals surface area contributed by atoms with Gasteiger partial charge >= 0.3 is 0 Å². The summed E-state index contributed by atoms with van der Waals surface area (Å²) < 4.78 is 15.7. The fourth-order valence-electron chi connectivity index (χ4n) is 1.93. The highest BCUT2D eigenvalue weighted by Crippen LogP contribution is 2.27. The van der Waals surface area contributed by atoms with Crippen molar-refractivity contribution in [3.63, 3.8) is 0 Å². The van der Waals surface area contributed by atoms with Crippen LogP contribution >= 0.6 is 0 Å². The third-order valence-corrected chi connectivity index (χ3v) is 3.02. The van der Waals surface area contributed by atoms with Crippen molar-refractivity contribution in [3.8, 4) is 23.3 Å². The normalized spacial score (nSPS) is 15.5. The summed E-state index contributed by atoms with van der Waals surface area (Å²) in [6, 6.07) is 5.70. The quantitative estimate of drug-likeness (QED) is 0.769. The van der Waals surface area contributed by atoms with Crippen LogP contribution in [-0.4, -0.2) is 52.0 Å². The Morgan fingerprint density at radius 3 is 2.58 bits per heavy atom. The summed E-state index contributed by atoms with van der Waals surface area (Å²) in [4.78, 5) is 2.29. The van der Waals surface area contributed by atoms with Crippen LogP contribution in [0.4, 0.5) is 0 Å². The Hall–Kier alpha value is -1.70. The van der Waals surface area contributed by atoms with Gasteiger partial charge in [0.05, 0.1) is 34.0 Å². The van der Waals surface area contributed by atoms with Crippen LogP contribution in [0.3, 0.4) is 0 Å². The van der Waals surface area contributed by atoms with Gasteiger partial charge in [0.2, 0.25) is 0 Å². The van der Waals surface area contributed by atoms with Crippen molar-refractivity contribution < 1.29 is 14.2 Å². The lowest BCUT2D eigenvalue weighted by atomic mass is 10.2. The zero-order valence-electron chi connectivity index (χ0n) is 11.4. The largest absolute Gasteiger partial charge is 0.493 e. The van der Waals surface area contributed by atoms with Gasteiger partial charge in [-0.15, -0.1) is 0 Å². The maximum atomic E-state index is 5.30. The van der Waals surface area contributed by atoms with Crippen LogP contribution in [0.2, 0.25) is 0 Å². The Kier molecular flexibility index (Phi) is 5.08. The first-order chi connectivity index (χ1) is 9.33. The third kappa shape index (κ3) is 3.88. The second-order valence-corrected chi connectivity index (χ2v) is 4.26. The minimum atomic E-state index is 0.709. The van der Waals surface area contributed by atoms with Gasteiger partial charge in [-0.3, -0.25) is 4.90 Å². The van der Waals surface area contributed by atoms with Crippen LogP contribution in [0, 0.1) is 11.8 Å². The summed E-state index contributed by atoms with van der Waals surface area (Å²) in [6.07, 6.45) is 0. The predicted octanol–water partition coefficient (Wildman–Crippen LogP) is 1.39. The Bertz CT molecular complexity index is 470. The molecule has 0 atom stereocenters. The molecule has 1 aromatic rings. The number of morpholine rings is 1. The molecule has 1 saturated heterocycles. The van der Waals surface area contributed by atoms with Gasteiger partial charge in [0.15, 0.2) is 11.5 Å². The summed E-state index contributed by atoms with van der Waals surface area (Å²) in [7, 11) is 3.25. The molecule has 1 aliphatic rings. The Morgan fingerprint density at radius 2 is 1.89 bits per heavy atom. The first-order valence-electron chi connectivity index (χ1n) is 6.34. The fraction of sp³-hybridized carbons (Fsp3) is 0.467. The van der Waals surface area contributed by atoms with Crippen LogP contribution in [0.15, 0.2) is 18.2 Å². The van der Waals surface area contributed by atoms with E-state index in [1.807, 2.05) is 18.2 Å². The minimum Gasteiger partial charge on any atom is -0.493 e. The molecular weight excluding hydrogens is 242 g/mol. The van der Waals surface area contributed by atoms with Crippen LogP contribution in [-0.2, 0) is 4.74 Å². The standard InChI is InChI=1S/C15H19NO3/c1-17-14-6-5-13(12-15(14)18-2)4-3-7-16-8-10-19-11-9-16/h5-6,12H,7-11H2,1-2H3. The molecule has 0 saturated carbocycles. The number of methoxy groups -OCH3 is 2. The summed E-state index contributed by atoms with van der Waals surface area (Å²) in [6.45, 7) is 4.30. The maximum absolute atomic E-state index is 5.30. The molecule has 0 spiro atoms. The van der Waals surface area contributed by atoms with Gasteiger partial charge in [-0.25, -0.2) is 0 Å². The highest BCUT2D eigenvalue weighted by molar-refractivity contribution is 5.48. The summed E-state index contributed by atoms with van der Waals surface area (Å²) in [5, 5.41) is 0. The second-order valence-electron chi connectivity index (χ2n) is 4.26. The molecule has 1 aromatic carbocycles.